The SMILES string of the molecule is CCCC(=O)CCCOc1nc(N)nc(-c2ccc(F)cc2)c1-c1cc(C)nc(C(F)F)c1. The van der Waals surface area contributed by atoms with Crippen molar-refractivity contribution < 1.29 is 22.7 Å². The number of alkyl halides is 2. The Hall–Kier alpha value is -3.49. The molecule has 2 N–H and O–H groups in total. The van der Waals surface area contributed by atoms with E-state index >= 15 is 0 Å². The Labute approximate surface area is 190 Å². The number of rotatable bonds is 10. The number of hydrogen-bond acceptors (Lipinski definition) is 6. The summed E-state index contributed by atoms with van der Waals surface area (Å²) in [7, 11) is 0. The van der Waals surface area contributed by atoms with Gasteiger partial charge in [0.1, 0.15) is 17.3 Å². The highest BCUT2D eigenvalue weighted by Crippen LogP contribution is 2.39. The molecule has 3 aromatic rings. The normalized spacial score (nSPS) is 11.1. The first kappa shape index (κ1) is 24.2. The van der Waals surface area contributed by atoms with E-state index in [2.05, 4.69) is 15.0 Å². The van der Waals surface area contributed by atoms with Gasteiger partial charge in [-0.3, -0.25) is 9.78 Å². The van der Waals surface area contributed by atoms with E-state index in [1.165, 1.54) is 30.3 Å². The van der Waals surface area contributed by atoms with Crippen LogP contribution in [-0.2, 0) is 4.79 Å². The van der Waals surface area contributed by atoms with E-state index in [1.807, 2.05) is 6.92 Å². The van der Waals surface area contributed by atoms with E-state index in [4.69, 9.17) is 10.5 Å². The summed E-state index contributed by atoms with van der Waals surface area (Å²) in [5.74, 6) is -0.289. The minimum atomic E-state index is -2.78. The Balaban J connectivity index is 2.07. The van der Waals surface area contributed by atoms with Gasteiger partial charge in [0.15, 0.2) is 0 Å². The van der Waals surface area contributed by atoms with Crippen molar-refractivity contribution in [2.75, 3.05) is 12.3 Å². The number of Topliss-reactive ketones (excluding diaryl/α,β-unsaturated/α-hetero) is 1. The van der Waals surface area contributed by atoms with Crippen molar-refractivity contribution in [3.63, 3.8) is 0 Å². The van der Waals surface area contributed by atoms with Crippen LogP contribution >= 0.6 is 0 Å². The first-order chi connectivity index (χ1) is 15.8. The molecule has 0 aliphatic carbocycles. The van der Waals surface area contributed by atoms with Gasteiger partial charge in [0, 0.05) is 24.1 Å². The van der Waals surface area contributed by atoms with Gasteiger partial charge in [-0.1, -0.05) is 6.92 Å². The second kappa shape index (κ2) is 10.9. The van der Waals surface area contributed by atoms with Crippen molar-refractivity contribution in [1.82, 2.24) is 15.0 Å². The highest BCUT2D eigenvalue weighted by atomic mass is 19.3. The number of carbonyl (C=O) groups excluding carboxylic acids is 1. The number of ether oxygens (including phenoxy) is 1. The van der Waals surface area contributed by atoms with E-state index in [1.54, 1.807) is 13.0 Å². The molecular weight excluding hydrogens is 433 g/mol. The van der Waals surface area contributed by atoms with Crippen molar-refractivity contribution in [3.8, 4) is 28.3 Å². The molecule has 0 bridgehead atoms. The average Bonchev–Trinajstić information content (AvgIpc) is 2.76. The molecule has 0 spiro atoms. The summed E-state index contributed by atoms with van der Waals surface area (Å²) in [6, 6.07) is 8.41. The van der Waals surface area contributed by atoms with Crippen molar-refractivity contribution in [2.24, 2.45) is 0 Å². The Morgan fingerprint density at radius 1 is 1.06 bits per heavy atom. The number of nitrogens with zero attached hydrogens (tertiary/aromatic N) is 3. The summed E-state index contributed by atoms with van der Waals surface area (Å²) >= 11 is 0. The van der Waals surface area contributed by atoms with Crippen LogP contribution < -0.4 is 10.5 Å². The smallest absolute Gasteiger partial charge is 0.280 e. The van der Waals surface area contributed by atoms with Gasteiger partial charge in [-0.05, 0) is 61.7 Å². The minimum Gasteiger partial charge on any atom is -0.477 e. The first-order valence-electron chi connectivity index (χ1n) is 10.6. The van der Waals surface area contributed by atoms with Crippen LogP contribution in [0.4, 0.5) is 19.1 Å². The third-order valence-corrected chi connectivity index (χ3v) is 4.86. The second-order valence-electron chi connectivity index (χ2n) is 7.58. The zero-order valence-corrected chi connectivity index (χ0v) is 18.4. The molecule has 0 aliphatic heterocycles. The molecule has 0 amide bonds. The van der Waals surface area contributed by atoms with Gasteiger partial charge < -0.3 is 10.5 Å². The number of aryl methyl sites for hydroxylation is 1. The maximum absolute atomic E-state index is 13.5. The van der Waals surface area contributed by atoms with Crippen LogP contribution in [0, 0.1) is 12.7 Å². The predicted octanol–water partition coefficient (Wildman–Crippen LogP) is 5.70. The van der Waals surface area contributed by atoms with Crippen molar-refractivity contribution >= 4 is 11.7 Å². The highest BCUT2D eigenvalue weighted by Gasteiger charge is 2.21. The largest absolute Gasteiger partial charge is 0.477 e. The van der Waals surface area contributed by atoms with Crippen LogP contribution in [0.1, 0.15) is 50.4 Å². The molecule has 33 heavy (non-hydrogen) atoms. The topological polar surface area (TPSA) is 91.0 Å². The molecule has 0 aliphatic rings. The van der Waals surface area contributed by atoms with Crippen LogP contribution in [0.5, 0.6) is 5.88 Å². The zero-order chi connectivity index (χ0) is 24.0. The number of benzene rings is 1. The lowest BCUT2D eigenvalue weighted by atomic mass is 9.99. The molecule has 0 radical (unpaired) electrons. The predicted molar refractivity (Wildman–Crippen MR) is 119 cm³/mol. The summed E-state index contributed by atoms with van der Waals surface area (Å²) in [6.45, 7) is 3.71. The second-order valence-corrected chi connectivity index (χ2v) is 7.58. The number of anilines is 1. The number of halogens is 3. The molecule has 0 unspecified atom stereocenters. The lowest BCUT2D eigenvalue weighted by molar-refractivity contribution is -0.119. The molecule has 0 saturated carbocycles. The molecule has 1 aromatic carbocycles. The van der Waals surface area contributed by atoms with E-state index in [0.29, 0.717) is 47.3 Å². The molecule has 174 valence electrons. The van der Waals surface area contributed by atoms with E-state index < -0.39 is 17.9 Å². The van der Waals surface area contributed by atoms with Gasteiger partial charge in [0.25, 0.3) is 6.43 Å². The monoisotopic (exact) mass is 458 g/mol. The number of hydrogen-bond donors (Lipinski definition) is 1. The van der Waals surface area contributed by atoms with Crippen LogP contribution in [0.2, 0.25) is 0 Å². The Bertz CT molecular complexity index is 1120. The van der Waals surface area contributed by atoms with Gasteiger partial charge in [0.05, 0.1) is 17.9 Å². The number of aromatic nitrogens is 3. The summed E-state index contributed by atoms with van der Waals surface area (Å²) in [4.78, 5) is 24.2. The maximum atomic E-state index is 13.5. The van der Waals surface area contributed by atoms with Gasteiger partial charge >= 0.3 is 0 Å². The molecule has 2 heterocycles. The number of ketones is 1. The third kappa shape index (κ3) is 6.27. The van der Waals surface area contributed by atoms with E-state index in [0.717, 1.165) is 6.42 Å². The number of carbonyl (C=O) groups is 1. The van der Waals surface area contributed by atoms with E-state index in [9.17, 15) is 18.0 Å². The molecular formula is C24H25F3N4O2. The van der Waals surface area contributed by atoms with Gasteiger partial charge in [-0.25, -0.2) is 18.2 Å². The molecule has 6 nitrogen and oxygen atoms in total. The number of nitrogens with two attached hydrogens (primary N) is 1. The quantitative estimate of drug-likeness (QED) is 0.392. The van der Waals surface area contributed by atoms with Gasteiger partial charge in [0.2, 0.25) is 11.8 Å². The zero-order valence-electron chi connectivity index (χ0n) is 18.4. The van der Waals surface area contributed by atoms with Crippen molar-refractivity contribution in [3.05, 3.63) is 53.6 Å². The summed E-state index contributed by atoms with van der Waals surface area (Å²) in [6.07, 6.45) is -0.667. The first-order valence-corrected chi connectivity index (χ1v) is 10.6. The molecule has 0 fully saturated rings. The summed E-state index contributed by atoms with van der Waals surface area (Å²) < 4.78 is 46.3. The number of nitrogen functional groups attached to an aromatic ring is 1. The lowest BCUT2D eigenvalue weighted by Crippen LogP contribution is -2.08. The third-order valence-electron chi connectivity index (χ3n) is 4.86. The van der Waals surface area contributed by atoms with Crippen LogP contribution in [0.15, 0.2) is 36.4 Å². The van der Waals surface area contributed by atoms with Crippen molar-refractivity contribution in [2.45, 2.75) is 46.0 Å². The fraction of sp³-hybridized carbons (Fsp3) is 0.333. The molecule has 3 rings (SSSR count). The molecule has 2 aromatic heterocycles. The summed E-state index contributed by atoms with van der Waals surface area (Å²) in [5, 5.41) is 0. The lowest BCUT2D eigenvalue weighted by Gasteiger charge is -2.16. The fourth-order valence-electron chi connectivity index (χ4n) is 3.43. The fourth-order valence-corrected chi connectivity index (χ4v) is 3.43. The van der Waals surface area contributed by atoms with Crippen molar-refractivity contribution in [1.29, 1.82) is 0 Å². The Morgan fingerprint density at radius 3 is 2.45 bits per heavy atom. The molecule has 0 saturated heterocycles. The van der Waals surface area contributed by atoms with E-state index in [-0.39, 0.29) is 24.2 Å². The highest BCUT2D eigenvalue weighted by molar-refractivity contribution is 5.85. The standard InChI is InChI=1S/C24H25F3N4O2/c1-3-5-18(32)6-4-11-33-23-20(16-12-14(2)29-19(13-16)22(26)27)21(30-24(28)31-23)15-7-9-17(25)10-8-15/h7-10,12-13,22H,3-6,11H2,1-2H3,(H2,28,30,31). The molecule has 0 atom stereocenters. The van der Waals surface area contributed by atoms with Crippen LogP contribution in [0.3, 0.4) is 0 Å². The van der Waals surface area contributed by atoms with Gasteiger partial charge in [-0.15, -0.1) is 0 Å². The minimum absolute atomic E-state index is 0.0880. The average molecular weight is 458 g/mol. The van der Waals surface area contributed by atoms with Gasteiger partial charge in [-0.2, -0.15) is 4.98 Å². The Morgan fingerprint density at radius 2 is 1.79 bits per heavy atom. The van der Waals surface area contributed by atoms with Crippen LogP contribution in [0.25, 0.3) is 22.4 Å². The Kier molecular flexibility index (Phi) is 7.97. The number of pyridine rings is 1. The molecule has 9 heteroatoms. The summed E-state index contributed by atoms with van der Waals surface area (Å²) in [5.41, 5.74) is 7.41. The maximum Gasteiger partial charge on any atom is 0.280 e. The van der Waals surface area contributed by atoms with Crippen LogP contribution in [-0.4, -0.2) is 27.3 Å².